The highest BCUT2D eigenvalue weighted by Gasteiger charge is 2.33. The molecular formula is C21H29N5O4. The first kappa shape index (κ1) is 20.6. The number of ether oxygens (including phenoxy) is 1. The molecule has 1 fully saturated rings. The van der Waals surface area contributed by atoms with Crippen molar-refractivity contribution >= 4 is 11.8 Å². The number of rotatable bonds is 6. The molecule has 0 radical (unpaired) electrons. The van der Waals surface area contributed by atoms with E-state index in [1.807, 2.05) is 21.4 Å². The Bertz CT molecular complexity index is 884. The van der Waals surface area contributed by atoms with E-state index in [0.717, 1.165) is 36.2 Å². The lowest BCUT2D eigenvalue weighted by molar-refractivity contribution is -0.140. The van der Waals surface area contributed by atoms with Gasteiger partial charge in [0.1, 0.15) is 17.7 Å². The first-order chi connectivity index (χ1) is 14.6. The molecule has 1 saturated heterocycles. The summed E-state index contributed by atoms with van der Waals surface area (Å²) < 4.78 is 12.7. The van der Waals surface area contributed by atoms with E-state index in [-0.39, 0.29) is 17.7 Å². The van der Waals surface area contributed by atoms with E-state index >= 15 is 0 Å². The molecule has 0 N–H and O–H groups in total. The van der Waals surface area contributed by atoms with E-state index in [0.29, 0.717) is 51.6 Å². The van der Waals surface area contributed by atoms with Gasteiger partial charge in [0.15, 0.2) is 6.39 Å². The molecule has 2 aromatic heterocycles. The summed E-state index contributed by atoms with van der Waals surface area (Å²) in [5, 5.41) is 4.77. The van der Waals surface area contributed by atoms with Gasteiger partial charge >= 0.3 is 0 Å². The second-order valence-corrected chi connectivity index (χ2v) is 7.86. The van der Waals surface area contributed by atoms with Gasteiger partial charge in [0, 0.05) is 63.3 Å². The third-order valence-electron chi connectivity index (χ3n) is 6.06. The van der Waals surface area contributed by atoms with Gasteiger partial charge in [0.25, 0.3) is 0 Å². The first-order valence-corrected chi connectivity index (χ1v) is 10.7. The summed E-state index contributed by atoms with van der Waals surface area (Å²) in [6.45, 7) is 8.02. The third kappa shape index (κ3) is 4.12. The summed E-state index contributed by atoms with van der Waals surface area (Å²) in [6, 6.07) is 0. The van der Waals surface area contributed by atoms with E-state index < -0.39 is 0 Å². The van der Waals surface area contributed by atoms with Gasteiger partial charge < -0.3 is 19.0 Å². The molecule has 162 valence electrons. The van der Waals surface area contributed by atoms with Crippen molar-refractivity contribution in [2.24, 2.45) is 5.92 Å². The zero-order valence-electron chi connectivity index (χ0n) is 17.7. The lowest BCUT2D eigenvalue weighted by Crippen LogP contribution is -2.45. The van der Waals surface area contributed by atoms with Gasteiger partial charge in [-0.2, -0.15) is 5.10 Å². The summed E-state index contributed by atoms with van der Waals surface area (Å²) >= 11 is 0. The molecule has 0 saturated carbocycles. The van der Waals surface area contributed by atoms with Crippen LogP contribution in [0.15, 0.2) is 17.1 Å². The monoisotopic (exact) mass is 415 g/mol. The van der Waals surface area contributed by atoms with Crippen molar-refractivity contribution in [1.82, 2.24) is 24.6 Å². The van der Waals surface area contributed by atoms with Gasteiger partial charge in [-0.15, -0.1) is 0 Å². The van der Waals surface area contributed by atoms with Gasteiger partial charge in [0.05, 0.1) is 13.2 Å². The average Bonchev–Trinajstić information content (AvgIpc) is 3.41. The Hall–Kier alpha value is -2.68. The van der Waals surface area contributed by atoms with Crippen LogP contribution in [0.4, 0.5) is 0 Å². The van der Waals surface area contributed by atoms with E-state index in [1.165, 1.54) is 6.39 Å². The fourth-order valence-corrected chi connectivity index (χ4v) is 4.39. The number of hydrogen-bond acceptors (Lipinski definition) is 6. The van der Waals surface area contributed by atoms with E-state index in [4.69, 9.17) is 14.3 Å². The minimum absolute atomic E-state index is 0.0225. The smallest absolute Gasteiger partial charge is 0.226 e. The number of amides is 2. The van der Waals surface area contributed by atoms with Crippen molar-refractivity contribution in [2.75, 3.05) is 32.8 Å². The molecule has 4 rings (SSSR count). The number of oxazole rings is 1. The van der Waals surface area contributed by atoms with Crippen molar-refractivity contribution in [3.05, 3.63) is 23.9 Å². The molecule has 2 aliphatic heterocycles. The molecule has 0 bridgehead atoms. The van der Waals surface area contributed by atoms with Crippen LogP contribution in [0.2, 0.25) is 0 Å². The van der Waals surface area contributed by atoms with Gasteiger partial charge in [-0.3, -0.25) is 14.3 Å². The number of likely N-dealkylation sites (tertiary alicyclic amines) is 1. The van der Waals surface area contributed by atoms with Crippen LogP contribution < -0.4 is 0 Å². The minimum atomic E-state index is -0.0225. The van der Waals surface area contributed by atoms with E-state index in [2.05, 4.69) is 4.98 Å². The second-order valence-electron chi connectivity index (χ2n) is 7.86. The van der Waals surface area contributed by atoms with Gasteiger partial charge in [-0.1, -0.05) is 0 Å². The molecule has 2 aromatic rings. The van der Waals surface area contributed by atoms with Crippen LogP contribution in [0, 0.1) is 5.92 Å². The molecule has 4 heterocycles. The first-order valence-electron chi connectivity index (χ1n) is 10.7. The molecule has 0 spiro atoms. The average molecular weight is 415 g/mol. The number of carbonyl (C=O) groups excluding carboxylic acids is 2. The second kappa shape index (κ2) is 8.99. The van der Waals surface area contributed by atoms with Gasteiger partial charge in [-0.05, 0) is 19.8 Å². The van der Waals surface area contributed by atoms with Crippen molar-refractivity contribution in [2.45, 2.75) is 46.2 Å². The fraction of sp³-hybridized carbons (Fsp3) is 0.619. The molecule has 0 aromatic carbocycles. The Kier molecular flexibility index (Phi) is 6.17. The topological polar surface area (TPSA) is 93.7 Å². The van der Waals surface area contributed by atoms with Crippen molar-refractivity contribution in [3.63, 3.8) is 0 Å². The largest absolute Gasteiger partial charge is 0.451 e. The molecule has 9 nitrogen and oxygen atoms in total. The highest BCUT2D eigenvalue weighted by molar-refractivity contribution is 5.80. The number of piperidine rings is 1. The third-order valence-corrected chi connectivity index (χ3v) is 6.06. The molecule has 9 heteroatoms. The van der Waals surface area contributed by atoms with Crippen molar-refractivity contribution < 1.29 is 18.7 Å². The Balaban J connectivity index is 1.51. The predicted octanol–water partition coefficient (Wildman–Crippen LogP) is 1.72. The van der Waals surface area contributed by atoms with Crippen LogP contribution in [-0.2, 0) is 33.8 Å². The molecule has 0 atom stereocenters. The van der Waals surface area contributed by atoms with E-state index in [9.17, 15) is 9.59 Å². The van der Waals surface area contributed by atoms with Gasteiger partial charge in [-0.25, -0.2) is 4.98 Å². The van der Waals surface area contributed by atoms with E-state index in [1.54, 1.807) is 13.2 Å². The Labute approximate surface area is 176 Å². The maximum absolute atomic E-state index is 13.2. The number of carbonyl (C=O) groups is 2. The van der Waals surface area contributed by atoms with Crippen LogP contribution in [0.3, 0.4) is 0 Å². The highest BCUT2D eigenvalue weighted by Crippen LogP contribution is 2.31. The van der Waals surface area contributed by atoms with Crippen molar-refractivity contribution in [1.29, 1.82) is 0 Å². The van der Waals surface area contributed by atoms with Crippen LogP contribution in [0.1, 0.15) is 37.9 Å². The maximum Gasteiger partial charge on any atom is 0.226 e. The Morgan fingerprint density at radius 2 is 2.03 bits per heavy atom. The Morgan fingerprint density at radius 1 is 1.23 bits per heavy atom. The van der Waals surface area contributed by atoms with Crippen LogP contribution in [-0.4, -0.2) is 69.2 Å². The molecule has 30 heavy (non-hydrogen) atoms. The Morgan fingerprint density at radius 3 is 2.70 bits per heavy atom. The lowest BCUT2D eigenvalue weighted by Gasteiger charge is -2.35. The highest BCUT2D eigenvalue weighted by atomic mass is 16.5. The lowest BCUT2D eigenvalue weighted by atomic mass is 9.93. The maximum atomic E-state index is 13.2. The summed E-state index contributed by atoms with van der Waals surface area (Å²) in [7, 11) is 0. The molecule has 0 aliphatic carbocycles. The standard InChI is InChI=1S/C21H29N5O4/c1-3-29-11-10-26-19-6-9-25(12-17(19)20(23-26)18-13-30-14-22-18)21(28)16-4-7-24(8-5-16)15(2)27/h13-14,16H,3-12H2,1-2H3. The number of nitrogens with zero attached hydrogens (tertiary/aromatic N) is 5. The quantitative estimate of drug-likeness (QED) is 0.667. The molecule has 2 aliphatic rings. The summed E-state index contributed by atoms with van der Waals surface area (Å²) in [4.78, 5) is 32.8. The minimum Gasteiger partial charge on any atom is -0.451 e. The summed E-state index contributed by atoms with van der Waals surface area (Å²) in [5.74, 6) is 0.239. The zero-order chi connectivity index (χ0) is 21.1. The van der Waals surface area contributed by atoms with Crippen LogP contribution in [0.25, 0.3) is 11.4 Å². The summed E-state index contributed by atoms with van der Waals surface area (Å²) in [6.07, 6.45) is 5.20. The predicted molar refractivity (Wildman–Crippen MR) is 108 cm³/mol. The molecule has 2 amide bonds. The molecule has 0 unspecified atom stereocenters. The number of aromatic nitrogens is 3. The normalized spacial score (nSPS) is 17.3. The number of hydrogen-bond donors (Lipinski definition) is 0. The van der Waals surface area contributed by atoms with Crippen molar-refractivity contribution in [3.8, 4) is 11.4 Å². The van der Waals surface area contributed by atoms with Crippen LogP contribution in [0.5, 0.6) is 0 Å². The fourth-order valence-electron chi connectivity index (χ4n) is 4.39. The number of fused-ring (bicyclic) bond motifs is 1. The SMILES string of the molecule is CCOCCn1nc(-c2cocn2)c2c1CCN(C(=O)C1CCN(C(C)=O)CC1)C2. The van der Waals surface area contributed by atoms with Crippen LogP contribution >= 0.6 is 0 Å². The summed E-state index contributed by atoms with van der Waals surface area (Å²) in [5.41, 5.74) is 3.65. The zero-order valence-corrected chi connectivity index (χ0v) is 17.7. The molecular weight excluding hydrogens is 386 g/mol. The van der Waals surface area contributed by atoms with Gasteiger partial charge in [0.2, 0.25) is 11.8 Å².